The summed E-state index contributed by atoms with van der Waals surface area (Å²) < 4.78 is 11.2. The van der Waals surface area contributed by atoms with Gasteiger partial charge in [-0.15, -0.1) is 0 Å². The molecule has 0 aliphatic carbocycles. The van der Waals surface area contributed by atoms with Crippen LogP contribution in [0, 0.1) is 0 Å². The number of benzene rings is 2. The topological polar surface area (TPSA) is 60.5 Å². The number of amides is 1. The van der Waals surface area contributed by atoms with Crippen LogP contribution in [0.4, 0.5) is 5.69 Å². The lowest BCUT2D eigenvalue weighted by Crippen LogP contribution is -2.08. The molecule has 0 fully saturated rings. The van der Waals surface area contributed by atoms with Crippen LogP contribution in [0.3, 0.4) is 0 Å². The van der Waals surface area contributed by atoms with Crippen LogP contribution in [-0.2, 0) is 4.79 Å². The smallest absolute Gasteiger partial charge is 0.248 e. The Hall–Kier alpha value is -3.05. The SMILES string of the molecule is O=C(/C=C/c1cccc2cccnc12)Nc1cc2c(cc1Cl)OCCCO2. The van der Waals surface area contributed by atoms with E-state index in [9.17, 15) is 4.79 Å². The molecule has 0 radical (unpaired) electrons. The Labute approximate surface area is 161 Å². The van der Waals surface area contributed by atoms with Crippen molar-refractivity contribution in [3.05, 3.63) is 65.3 Å². The molecule has 27 heavy (non-hydrogen) atoms. The predicted molar refractivity (Wildman–Crippen MR) is 106 cm³/mol. The summed E-state index contributed by atoms with van der Waals surface area (Å²) in [4.78, 5) is 16.7. The number of nitrogens with one attached hydrogen (secondary N) is 1. The molecule has 1 aromatic heterocycles. The molecule has 1 amide bonds. The molecule has 0 bridgehead atoms. The summed E-state index contributed by atoms with van der Waals surface area (Å²) in [5, 5.41) is 4.20. The number of carbonyl (C=O) groups is 1. The number of halogens is 1. The molecule has 0 spiro atoms. The van der Waals surface area contributed by atoms with E-state index in [2.05, 4.69) is 10.3 Å². The van der Waals surface area contributed by atoms with E-state index < -0.39 is 0 Å². The number of pyridine rings is 1. The Kier molecular flexibility index (Phi) is 4.94. The van der Waals surface area contributed by atoms with Gasteiger partial charge in [-0.1, -0.05) is 35.9 Å². The fourth-order valence-corrected chi connectivity index (χ4v) is 3.08. The summed E-state index contributed by atoms with van der Waals surface area (Å²) in [5.41, 5.74) is 2.19. The fraction of sp³-hybridized carbons (Fsp3) is 0.143. The molecule has 0 saturated heterocycles. The van der Waals surface area contributed by atoms with Gasteiger partial charge in [-0.2, -0.15) is 0 Å². The minimum atomic E-state index is -0.292. The molecule has 0 saturated carbocycles. The minimum absolute atomic E-state index is 0.292. The lowest BCUT2D eigenvalue weighted by molar-refractivity contribution is -0.111. The van der Waals surface area contributed by atoms with Crippen LogP contribution in [0.1, 0.15) is 12.0 Å². The second-order valence-corrected chi connectivity index (χ2v) is 6.48. The molecule has 0 atom stereocenters. The molecule has 1 N–H and O–H groups in total. The number of hydrogen-bond donors (Lipinski definition) is 1. The summed E-state index contributed by atoms with van der Waals surface area (Å²) in [6.45, 7) is 1.15. The predicted octanol–water partition coefficient (Wildman–Crippen LogP) is 4.70. The van der Waals surface area contributed by atoms with Gasteiger partial charge in [0.15, 0.2) is 11.5 Å². The Morgan fingerprint density at radius 1 is 1.11 bits per heavy atom. The Morgan fingerprint density at radius 3 is 2.74 bits per heavy atom. The molecule has 4 rings (SSSR count). The molecule has 5 nitrogen and oxygen atoms in total. The molecule has 136 valence electrons. The van der Waals surface area contributed by atoms with E-state index in [1.54, 1.807) is 24.4 Å². The Bertz CT molecular complexity index is 1030. The van der Waals surface area contributed by atoms with Gasteiger partial charge in [-0.3, -0.25) is 9.78 Å². The third-order valence-corrected chi connectivity index (χ3v) is 4.49. The largest absolute Gasteiger partial charge is 0.490 e. The zero-order valence-electron chi connectivity index (χ0n) is 14.4. The maximum Gasteiger partial charge on any atom is 0.248 e. The van der Waals surface area contributed by atoms with Crippen LogP contribution in [0.2, 0.25) is 5.02 Å². The molecule has 2 aromatic carbocycles. The normalized spacial score (nSPS) is 13.5. The minimum Gasteiger partial charge on any atom is -0.490 e. The first kappa shape index (κ1) is 17.4. The summed E-state index contributed by atoms with van der Waals surface area (Å²) in [6, 6.07) is 13.1. The van der Waals surface area contributed by atoms with Gasteiger partial charge in [0.1, 0.15) is 0 Å². The highest BCUT2D eigenvalue weighted by atomic mass is 35.5. The maximum absolute atomic E-state index is 12.4. The molecule has 1 aliphatic rings. The number of fused-ring (bicyclic) bond motifs is 2. The highest BCUT2D eigenvalue weighted by Gasteiger charge is 2.15. The third-order valence-electron chi connectivity index (χ3n) is 4.17. The number of nitrogens with zero attached hydrogens (tertiary/aromatic N) is 1. The van der Waals surface area contributed by atoms with Crippen molar-refractivity contribution < 1.29 is 14.3 Å². The highest BCUT2D eigenvalue weighted by molar-refractivity contribution is 6.34. The van der Waals surface area contributed by atoms with Crippen LogP contribution in [0.15, 0.2) is 54.7 Å². The summed E-state index contributed by atoms with van der Waals surface area (Å²) >= 11 is 6.27. The van der Waals surface area contributed by atoms with Gasteiger partial charge in [-0.05, 0) is 12.1 Å². The monoisotopic (exact) mass is 380 g/mol. The van der Waals surface area contributed by atoms with Crippen LogP contribution < -0.4 is 14.8 Å². The number of para-hydroxylation sites is 1. The number of carbonyl (C=O) groups excluding carboxylic acids is 1. The van der Waals surface area contributed by atoms with Gasteiger partial charge in [0.25, 0.3) is 0 Å². The zero-order chi connectivity index (χ0) is 18.6. The van der Waals surface area contributed by atoms with Crippen molar-refractivity contribution in [2.24, 2.45) is 0 Å². The van der Waals surface area contributed by atoms with Crippen LogP contribution >= 0.6 is 11.6 Å². The first-order valence-corrected chi connectivity index (χ1v) is 9.00. The van der Waals surface area contributed by atoms with Crippen molar-refractivity contribution in [2.75, 3.05) is 18.5 Å². The van der Waals surface area contributed by atoms with E-state index in [0.29, 0.717) is 35.4 Å². The first-order chi connectivity index (χ1) is 13.2. The summed E-state index contributed by atoms with van der Waals surface area (Å²) in [7, 11) is 0. The summed E-state index contributed by atoms with van der Waals surface area (Å²) in [6.07, 6.45) is 5.73. The Morgan fingerprint density at radius 2 is 1.89 bits per heavy atom. The van der Waals surface area contributed by atoms with Crippen molar-refractivity contribution in [3.63, 3.8) is 0 Å². The molecular weight excluding hydrogens is 364 g/mol. The number of hydrogen-bond acceptors (Lipinski definition) is 4. The maximum atomic E-state index is 12.4. The van der Waals surface area contributed by atoms with Crippen LogP contribution in [0.25, 0.3) is 17.0 Å². The van der Waals surface area contributed by atoms with Gasteiger partial charge in [0.05, 0.1) is 29.4 Å². The van der Waals surface area contributed by atoms with Gasteiger partial charge < -0.3 is 14.8 Å². The van der Waals surface area contributed by atoms with E-state index in [0.717, 1.165) is 22.9 Å². The second-order valence-electron chi connectivity index (χ2n) is 6.07. The zero-order valence-corrected chi connectivity index (χ0v) is 15.2. The van der Waals surface area contributed by atoms with Gasteiger partial charge in [0, 0.05) is 41.8 Å². The number of aromatic nitrogens is 1. The van der Waals surface area contributed by atoms with Crippen LogP contribution in [0.5, 0.6) is 11.5 Å². The van der Waals surface area contributed by atoms with Crippen molar-refractivity contribution in [2.45, 2.75) is 6.42 Å². The van der Waals surface area contributed by atoms with E-state index in [4.69, 9.17) is 21.1 Å². The number of anilines is 1. The molecule has 0 unspecified atom stereocenters. The lowest BCUT2D eigenvalue weighted by Gasteiger charge is -2.11. The van der Waals surface area contributed by atoms with E-state index in [1.165, 1.54) is 6.08 Å². The molecular formula is C21H17ClN2O3. The van der Waals surface area contributed by atoms with Gasteiger partial charge >= 0.3 is 0 Å². The standard InChI is InChI=1S/C21H17ClN2O3/c22-16-12-18-19(27-11-3-10-26-18)13-17(16)24-20(25)8-7-15-5-1-4-14-6-2-9-23-21(14)15/h1-2,4-9,12-13H,3,10-11H2,(H,24,25)/b8-7+. The molecule has 6 heteroatoms. The van der Waals surface area contributed by atoms with Crippen molar-refractivity contribution in [1.29, 1.82) is 0 Å². The van der Waals surface area contributed by atoms with Crippen molar-refractivity contribution in [1.82, 2.24) is 4.98 Å². The first-order valence-electron chi connectivity index (χ1n) is 8.63. The molecule has 3 aromatic rings. The average Bonchev–Trinajstić information content (AvgIpc) is 2.91. The average molecular weight is 381 g/mol. The highest BCUT2D eigenvalue weighted by Crippen LogP contribution is 2.37. The molecule has 1 aliphatic heterocycles. The lowest BCUT2D eigenvalue weighted by atomic mass is 10.1. The van der Waals surface area contributed by atoms with Gasteiger partial charge in [-0.25, -0.2) is 0 Å². The van der Waals surface area contributed by atoms with Crippen molar-refractivity contribution >= 4 is 40.2 Å². The van der Waals surface area contributed by atoms with E-state index >= 15 is 0 Å². The van der Waals surface area contributed by atoms with E-state index in [-0.39, 0.29) is 5.91 Å². The van der Waals surface area contributed by atoms with E-state index in [1.807, 2.05) is 30.3 Å². The second kappa shape index (κ2) is 7.68. The number of ether oxygens (including phenoxy) is 2. The number of rotatable bonds is 3. The third kappa shape index (κ3) is 3.88. The Balaban J connectivity index is 1.54. The summed E-state index contributed by atoms with van der Waals surface area (Å²) in [5.74, 6) is 0.877. The van der Waals surface area contributed by atoms with Gasteiger partial charge in [0.2, 0.25) is 5.91 Å². The molecule has 2 heterocycles. The van der Waals surface area contributed by atoms with Crippen molar-refractivity contribution in [3.8, 4) is 11.5 Å². The van der Waals surface area contributed by atoms with Crippen LogP contribution in [-0.4, -0.2) is 24.1 Å². The quantitative estimate of drug-likeness (QED) is 0.669. The fourth-order valence-electron chi connectivity index (χ4n) is 2.88.